The number of nitrogens with one attached hydrogen (secondary N) is 1. The molecule has 0 radical (unpaired) electrons. The van der Waals surface area contributed by atoms with Crippen LogP contribution in [-0.2, 0) is 7.05 Å². The maximum absolute atomic E-state index is 13.0. The summed E-state index contributed by atoms with van der Waals surface area (Å²) >= 11 is 0. The average Bonchev–Trinajstić information content (AvgIpc) is 3.01. The van der Waals surface area contributed by atoms with Crippen molar-refractivity contribution in [1.82, 2.24) is 15.1 Å². The molecule has 3 aromatic rings. The van der Waals surface area contributed by atoms with Gasteiger partial charge in [-0.3, -0.25) is 4.79 Å². The van der Waals surface area contributed by atoms with Crippen LogP contribution in [0.2, 0.25) is 0 Å². The van der Waals surface area contributed by atoms with Crippen molar-refractivity contribution in [3.63, 3.8) is 0 Å². The highest BCUT2D eigenvalue weighted by Gasteiger charge is 2.24. The van der Waals surface area contributed by atoms with E-state index in [9.17, 15) is 18.4 Å². The van der Waals surface area contributed by atoms with Gasteiger partial charge in [0, 0.05) is 12.6 Å². The number of aromatic carboxylic acids is 1. The largest absolute Gasteiger partial charge is 0.478 e. The zero-order valence-corrected chi connectivity index (χ0v) is 17.1. The van der Waals surface area contributed by atoms with Gasteiger partial charge >= 0.3 is 5.97 Å². The third-order valence-corrected chi connectivity index (χ3v) is 4.73. The fourth-order valence-electron chi connectivity index (χ4n) is 3.11. The van der Waals surface area contributed by atoms with E-state index in [1.807, 2.05) is 0 Å². The van der Waals surface area contributed by atoms with Gasteiger partial charge in [0.05, 0.1) is 17.3 Å². The number of aryl methyl sites for hydroxylation is 2. The predicted octanol–water partition coefficient (Wildman–Crippen LogP) is 4.65. The molecule has 0 aliphatic heterocycles. The Morgan fingerprint density at radius 1 is 1.13 bits per heavy atom. The summed E-state index contributed by atoms with van der Waals surface area (Å²) in [4.78, 5) is 24.0. The van der Waals surface area contributed by atoms with Crippen molar-refractivity contribution in [2.75, 3.05) is 0 Å². The number of benzene rings is 2. The summed E-state index contributed by atoms with van der Waals surface area (Å²) in [6, 6.07) is 11.2. The van der Waals surface area contributed by atoms with Crippen molar-refractivity contribution < 1.29 is 28.2 Å². The second-order valence-corrected chi connectivity index (χ2v) is 6.99. The molecule has 0 spiro atoms. The van der Waals surface area contributed by atoms with Crippen LogP contribution in [-0.4, -0.2) is 26.8 Å². The van der Waals surface area contributed by atoms with E-state index in [-0.39, 0.29) is 28.3 Å². The third kappa shape index (κ3) is 4.88. The van der Waals surface area contributed by atoms with Crippen molar-refractivity contribution >= 4 is 11.9 Å². The molecule has 0 aliphatic rings. The van der Waals surface area contributed by atoms with E-state index in [1.165, 1.54) is 41.1 Å². The molecule has 0 saturated carbocycles. The number of nitrogens with zero attached hydrogens (tertiary/aromatic N) is 2. The molecule has 0 fully saturated rings. The number of carbonyl (C=O) groups is 2. The van der Waals surface area contributed by atoms with Gasteiger partial charge in [0.2, 0.25) is 5.88 Å². The number of carboxylic acids is 1. The average molecular weight is 429 g/mol. The monoisotopic (exact) mass is 429 g/mol. The first-order chi connectivity index (χ1) is 14.7. The minimum Gasteiger partial charge on any atom is -0.478 e. The fourth-order valence-corrected chi connectivity index (χ4v) is 3.11. The van der Waals surface area contributed by atoms with Crippen LogP contribution in [0.1, 0.15) is 56.9 Å². The molecule has 0 aliphatic carbocycles. The molecule has 31 heavy (non-hydrogen) atoms. The van der Waals surface area contributed by atoms with Crippen LogP contribution < -0.4 is 10.1 Å². The Balaban J connectivity index is 1.83. The van der Waals surface area contributed by atoms with Crippen molar-refractivity contribution in [2.45, 2.75) is 26.3 Å². The summed E-state index contributed by atoms with van der Waals surface area (Å²) in [5.74, 6) is -1.21. The number of carbonyl (C=O) groups excluding carboxylic acids is 1. The molecule has 7 nitrogen and oxygen atoms in total. The van der Waals surface area contributed by atoms with Gasteiger partial charge in [-0.25, -0.2) is 18.3 Å². The number of ether oxygens (including phenoxy) is 1. The van der Waals surface area contributed by atoms with Crippen LogP contribution >= 0.6 is 0 Å². The number of hydrogen-bond donors (Lipinski definition) is 2. The molecule has 1 atom stereocenters. The fraction of sp³-hybridized carbons (Fsp3) is 0.227. The molecule has 0 unspecified atom stereocenters. The van der Waals surface area contributed by atoms with Gasteiger partial charge in [0.1, 0.15) is 11.3 Å². The molecule has 1 amide bonds. The lowest BCUT2D eigenvalue weighted by Crippen LogP contribution is -2.27. The first-order valence-corrected chi connectivity index (χ1v) is 9.41. The van der Waals surface area contributed by atoms with Gasteiger partial charge in [0.25, 0.3) is 12.3 Å². The molecule has 2 N–H and O–H groups in total. The number of carboxylic acid groups (broad SMARTS) is 1. The van der Waals surface area contributed by atoms with Crippen LogP contribution in [0.25, 0.3) is 0 Å². The zero-order valence-electron chi connectivity index (χ0n) is 17.1. The predicted molar refractivity (Wildman–Crippen MR) is 109 cm³/mol. The summed E-state index contributed by atoms with van der Waals surface area (Å²) in [6.07, 6.45) is -2.65. The van der Waals surface area contributed by atoms with Crippen molar-refractivity contribution in [1.29, 1.82) is 0 Å². The molecule has 0 saturated heterocycles. The lowest BCUT2D eigenvalue weighted by Gasteiger charge is -2.15. The number of halogens is 2. The second-order valence-electron chi connectivity index (χ2n) is 6.99. The van der Waals surface area contributed by atoms with Gasteiger partial charge in [-0.05, 0) is 43.7 Å². The quantitative estimate of drug-likeness (QED) is 0.570. The van der Waals surface area contributed by atoms with Crippen LogP contribution in [0.15, 0.2) is 48.5 Å². The number of rotatable bonds is 7. The third-order valence-electron chi connectivity index (χ3n) is 4.73. The molecular weight excluding hydrogens is 408 g/mol. The number of aromatic nitrogens is 2. The highest BCUT2D eigenvalue weighted by molar-refractivity contribution is 5.98. The molecule has 2 aromatic carbocycles. The van der Waals surface area contributed by atoms with Crippen LogP contribution in [0, 0.1) is 6.92 Å². The Labute approximate surface area is 177 Å². The van der Waals surface area contributed by atoms with E-state index in [0.717, 1.165) is 0 Å². The molecule has 162 valence electrons. The normalized spacial score (nSPS) is 11.9. The van der Waals surface area contributed by atoms with Gasteiger partial charge in [-0.2, -0.15) is 5.10 Å². The van der Waals surface area contributed by atoms with E-state index >= 15 is 0 Å². The Morgan fingerprint density at radius 2 is 1.81 bits per heavy atom. The van der Waals surface area contributed by atoms with Crippen molar-refractivity contribution in [3.05, 3.63) is 76.5 Å². The smallest absolute Gasteiger partial charge is 0.335 e. The van der Waals surface area contributed by atoms with Crippen LogP contribution in [0.3, 0.4) is 0 Å². The van der Waals surface area contributed by atoms with Crippen molar-refractivity contribution in [2.24, 2.45) is 7.05 Å². The minimum atomic E-state index is -2.65. The molecule has 1 heterocycles. The highest BCUT2D eigenvalue weighted by atomic mass is 19.3. The molecular formula is C22H21F2N3O4. The number of alkyl halides is 2. The first kappa shape index (κ1) is 21.9. The Hall–Kier alpha value is -3.75. The van der Waals surface area contributed by atoms with Crippen molar-refractivity contribution in [3.8, 4) is 11.6 Å². The Morgan fingerprint density at radius 3 is 2.42 bits per heavy atom. The van der Waals surface area contributed by atoms with E-state index in [1.54, 1.807) is 33.0 Å². The lowest BCUT2D eigenvalue weighted by molar-refractivity contribution is 0.0696. The molecule has 1 aromatic heterocycles. The minimum absolute atomic E-state index is 0.120. The van der Waals surface area contributed by atoms with Crippen LogP contribution in [0.5, 0.6) is 11.6 Å². The lowest BCUT2D eigenvalue weighted by atomic mass is 10.1. The maximum Gasteiger partial charge on any atom is 0.335 e. The number of hydrogen-bond acceptors (Lipinski definition) is 4. The SMILES string of the molecule is Cc1nn(C)c(Oc2cccc(C(F)F)c2)c1C(=O)N[C@@H](C)c1ccc(C(=O)O)cc1. The molecule has 0 bridgehead atoms. The van der Waals surface area contributed by atoms with Gasteiger partial charge in [-0.15, -0.1) is 0 Å². The van der Waals surface area contributed by atoms with Gasteiger partial charge < -0.3 is 15.2 Å². The van der Waals surface area contributed by atoms with E-state index in [4.69, 9.17) is 9.84 Å². The Bertz CT molecular complexity index is 1110. The summed E-state index contributed by atoms with van der Waals surface area (Å²) in [5.41, 5.74) is 1.26. The zero-order chi connectivity index (χ0) is 22.7. The standard InChI is InChI=1S/C22H21F2N3O4/c1-12(14-7-9-15(10-8-14)22(29)30)25-20(28)18-13(2)26-27(3)21(18)31-17-6-4-5-16(11-17)19(23)24/h4-12,19H,1-3H3,(H,25,28)(H,29,30)/t12-/m0/s1. The van der Waals surface area contributed by atoms with Gasteiger partial charge in [0.15, 0.2) is 0 Å². The summed E-state index contributed by atoms with van der Waals surface area (Å²) in [7, 11) is 1.59. The number of amides is 1. The van der Waals surface area contributed by atoms with Crippen LogP contribution in [0.4, 0.5) is 8.78 Å². The molecule has 3 rings (SSSR count). The Kier molecular flexibility index (Phi) is 6.33. The van der Waals surface area contributed by atoms with E-state index < -0.39 is 24.3 Å². The second kappa shape index (κ2) is 8.95. The first-order valence-electron chi connectivity index (χ1n) is 9.41. The highest BCUT2D eigenvalue weighted by Crippen LogP contribution is 2.30. The summed E-state index contributed by atoms with van der Waals surface area (Å²) in [5, 5.41) is 16.1. The maximum atomic E-state index is 13.0. The topological polar surface area (TPSA) is 93.5 Å². The summed E-state index contributed by atoms with van der Waals surface area (Å²) < 4.78 is 33.1. The molecule has 9 heteroatoms. The summed E-state index contributed by atoms with van der Waals surface area (Å²) in [6.45, 7) is 3.40. The van der Waals surface area contributed by atoms with Gasteiger partial charge in [-0.1, -0.05) is 24.3 Å². The van der Waals surface area contributed by atoms with E-state index in [2.05, 4.69) is 10.4 Å². The van der Waals surface area contributed by atoms with E-state index in [0.29, 0.717) is 11.3 Å².